The van der Waals surface area contributed by atoms with Gasteiger partial charge in [0, 0.05) is 18.0 Å². The minimum absolute atomic E-state index is 0.0512. The molecule has 1 amide bonds. The van der Waals surface area contributed by atoms with Gasteiger partial charge in [-0.15, -0.1) is 11.3 Å². The Hall–Kier alpha value is -1.77. The second-order valence-electron chi connectivity index (χ2n) is 8.69. The number of likely N-dealkylation sites (tertiary alicyclic amines) is 1. The monoisotopic (exact) mass is 418 g/mol. The van der Waals surface area contributed by atoms with Crippen LogP contribution in [-0.2, 0) is 17.6 Å². The number of fused-ring (bicyclic) bond motifs is 3. The molecule has 2 aromatic heterocycles. The minimum atomic E-state index is -0.295. The lowest BCUT2D eigenvalue weighted by Crippen LogP contribution is -2.45. The van der Waals surface area contributed by atoms with E-state index in [0.29, 0.717) is 37.7 Å². The van der Waals surface area contributed by atoms with Gasteiger partial charge < -0.3 is 15.0 Å². The van der Waals surface area contributed by atoms with Crippen molar-refractivity contribution in [2.24, 2.45) is 5.92 Å². The number of amides is 1. The van der Waals surface area contributed by atoms with E-state index in [1.807, 2.05) is 23.8 Å². The first-order valence-corrected chi connectivity index (χ1v) is 11.4. The van der Waals surface area contributed by atoms with Gasteiger partial charge in [0.05, 0.1) is 24.1 Å². The molecule has 7 nitrogen and oxygen atoms in total. The van der Waals surface area contributed by atoms with Crippen LogP contribution >= 0.6 is 11.3 Å². The van der Waals surface area contributed by atoms with Crippen LogP contribution in [0, 0.1) is 5.92 Å². The Morgan fingerprint density at radius 1 is 1.38 bits per heavy atom. The van der Waals surface area contributed by atoms with Crippen LogP contribution in [0.15, 0.2) is 4.79 Å². The van der Waals surface area contributed by atoms with E-state index in [4.69, 9.17) is 4.98 Å². The van der Waals surface area contributed by atoms with Crippen LogP contribution in [0.4, 0.5) is 0 Å². The maximum atomic E-state index is 12.8. The number of likely N-dealkylation sites (N-methyl/N-ethyl adjacent to an activating group) is 1. The molecule has 2 atom stereocenters. The highest BCUT2D eigenvalue weighted by Crippen LogP contribution is 2.36. The van der Waals surface area contributed by atoms with E-state index in [2.05, 4.69) is 11.9 Å². The number of carbonyl (C=O) groups excluding carboxylic acids is 1. The topological polar surface area (TPSA) is 89.5 Å². The summed E-state index contributed by atoms with van der Waals surface area (Å²) in [5.41, 5.74) is 1.13. The summed E-state index contributed by atoms with van der Waals surface area (Å²) < 4.78 is 0. The first kappa shape index (κ1) is 20.5. The third-order valence-corrected chi connectivity index (χ3v) is 7.59. The summed E-state index contributed by atoms with van der Waals surface area (Å²) in [6.07, 6.45) is 4.08. The summed E-state index contributed by atoms with van der Waals surface area (Å²) in [6, 6.07) is -0.176. The van der Waals surface area contributed by atoms with Crippen LogP contribution in [0.5, 0.6) is 0 Å². The van der Waals surface area contributed by atoms with Crippen molar-refractivity contribution >= 4 is 27.5 Å². The first-order valence-electron chi connectivity index (χ1n) is 10.5. The van der Waals surface area contributed by atoms with Gasteiger partial charge >= 0.3 is 0 Å². The number of nitrogens with zero attached hydrogens (tertiary/aromatic N) is 3. The lowest BCUT2D eigenvalue weighted by Gasteiger charge is -2.32. The summed E-state index contributed by atoms with van der Waals surface area (Å²) in [5.74, 6) is 1.31. The van der Waals surface area contributed by atoms with Gasteiger partial charge in [-0.25, -0.2) is 4.98 Å². The second-order valence-corrected chi connectivity index (χ2v) is 9.77. The Morgan fingerprint density at radius 2 is 2.10 bits per heavy atom. The zero-order chi connectivity index (χ0) is 20.7. The summed E-state index contributed by atoms with van der Waals surface area (Å²) in [4.78, 5) is 39.1. The maximum absolute atomic E-state index is 12.8. The Bertz CT molecular complexity index is 961. The fraction of sp³-hybridized carbons (Fsp3) is 0.667. The van der Waals surface area contributed by atoms with Gasteiger partial charge in [-0.3, -0.25) is 14.5 Å². The molecule has 8 heteroatoms. The Balaban J connectivity index is 1.51. The van der Waals surface area contributed by atoms with Crippen molar-refractivity contribution in [1.82, 2.24) is 19.8 Å². The number of aryl methyl sites for hydroxylation is 1. The molecular formula is C21H30N4O3S. The lowest BCUT2D eigenvalue weighted by molar-refractivity contribution is -0.134. The largest absolute Gasteiger partial charge is 0.393 e. The molecule has 1 aliphatic heterocycles. The van der Waals surface area contributed by atoms with Gasteiger partial charge in [-0.05, 0) is 57.6 Å². The molecule has 29 heavy (non-hydrogen) atoms. The van der Waals surface area contributed by atoms with Crippen LogP contribution < -0.4 is 5.56 Å². The van der Waals surface area contributed by atoms with Crippen molar-refractivity contribution < 1.29 is 9.90 Å². The van der Waals surface area contributed by atoms with E-state index in [0.717, 1.165) is 29.5 Å². The van der Waals surface area contributed by atoms with Crippen LogP contribution in [0.1, 0.15) is 55.4 Å². The van der Waals surface area contributed by atoms with Crippen LogP contribution in [0.25, 0.3) is 10.2 Å². The number of H-pyrrole nitrogens is 1. The molecule has 3 heterocycles. The number of aliphatic hydroxyl groups excluding tert-OH is 1. The smallest absolute Gasteiger partial charge is 0.259 e. The molecule has 1 fully saturated rings. The predicted molar refractivity (Wildman–Crippen MR) is 114 cm³/mol. The van der Waals surface area contributed by atoms with E-state index in [1.165, 1.54) is 10.4 Å². The molecule has 0 spiro atoms. The van der Waals surface area contributed by atoms with Gasteiger partial charge in [0.25, 0.3) is 5.56 Å². The van der Waals surface area contributed by atoms with Gasteiger partial charge in [0.2, 0.25) is 5.91 Å². The third kappa shape index (κ3) is 4.11. The van der Waals surface area contributed by atoms with E-state index in [-0.39, 0.29) is 30.2 Å². The average molecular weight is 419 g/mol. The molecule has 0 saturated carbocycles. The predicted octanol–water partition coefficient (Wildman–Crippen LogP) is 2.09. The zero-order valence-corrected chi connectivity index (χ0v) is 18.2. The molecule has 2 N–H and O–H groups in total. The number of aromatic amines is 1. The molecule has 1 saturated heterocycles. The van der Waals surface area contributed by atoms with Crippen LogP contribution in [0.2, 0.25) is 0 Å². The van der Waals surface area contributed by atoms with Crippen LogP contribution in [-0.4, -0.2) is 63.6 Å². The number of hydrogen-bond acceptors (Lipinski definition) is 6. The molecule has 4 rings (SSSR count). The normalized spacial score (nSPS) is 21.6. The van der Waals surface area contributed by atoms with Crippen LogP contribution in [0.3, 0.4) is 0 Å². The van der Waals surface area contributed by atoms with Crippen molar-refractivity contribution in [2.75, 3.05) is 26.7 Å². The van der Waals surface area contributed by atoms with Crippen molar-refractivity contribution in [1.29, 1.82) is 0 Å². The summed E-state index contributed by atoms with van der Waals surface area (Å²) >= 11 is 1.65. The quantitative estimate of drug-likeness (QED) is 0.794. The highest BCUT2D eigenvalue weighted by Gasteiger charge is 2.26. The number of rotatable bonds is 4. The molecule has 2 aliphatic rings. The molecule has 2 aromatic rings. The number of thiophene rings is 1. The number of aliphatic hydroxyl groups is 1. The van der Waals surface area contributed by atoms with Gasteiger partial charge in [0.1, 0.15) is 10.7 Å². The molecule has 1 aliphatic carbocycles. The summed E-state index contributed by atoms with van der Waals surface area (Å²) in [6.45, 7) is 5.68. The Kier molecular flexibility index (Phi) is 5.77. The number of aromatic nitrogens is 2. The number of hydrogen-bond donors (Lipinski definition) is 2. The summed E-state index contributed by atoms with van der Waals surface area (Å²) in [5, 5.41) is 10.4. The third-order valence-electron chi connectivity index (χ3n) is 6.44. The lowest BCUT2D eigenvalue weighted by atomic mass is 9.89. The van der Waals surface area contributed by atoms with Crippen molar-refractivity contribution in [2.45, 2.75) is 58.1 Å². The SMILES string of the molecule is CC1CCc2c(sc3nc(C(C)N(C)CC(=O)N4CCC(O)CC4)[nH]c(=O)c23)C1. The van der Waals surface area contributed by atoms with Crippen molar-refractivity contribution in [3.05, 3.63) is 26.6 Å². The molecular weight excluding hydrogens is 388 g/mol. The highest BCUT2D eigenvalue weighted by atomic mass is 32.1. The number of piperidine rings is 1. The fourth-order valence-electron chi connectivity index (χ4n) is 4.34. The second kappa shape index (κ2) is 8.16. The van der Waals surface area contributed by atoms with E-state index < -0.39 is 0 Å². The highest BCUT2D eigenvalue weighted by molar-refractivity contribution is 7.18. The summed E-state index contributed by atoms with van der Waals surface area (Å²) in [7, 11) is 1.88. The number of nitrogens with one attached hydrogen (secondary N) is 1. The molecule has 0 radical (unpaired) electrons. The number of carbonyl (C=O) groups is 1. The maximum Gasteiger partial charge on any atom is 0.259 e. The molecule has 0 aromatic carbocycles. The average Bonchev–Trinajstić information content (AvgIpc) is 3.05. The molecule has 158 valence electrons. The minimum Gasteiger partial charge on any atom is -0.393 e. The standard InChI is InChI=1S/C21H30N4O3S/c1-12-4-5-15-16(10-12)29-21-18(15)20(28)22-19(23-21)13(2)24(3)11-17(27)25-8-6-14(26)7-9-25/h12-14,26H,4-11H2,1-3H3,(H,22,23,28). The van der Waals surface area contributed by atoms with Crippen molar-refractivity contribution in [3.8, 4) is 0 Å². The fourth-order valence-corrected chi connectivity index (χ4v) is 5.73. The van der Waals surface area contributed by atoms with Crippen molar-refractivity contribution in [3.63, 3.8) is 0 Å². The zero-order valence-electron chi connectivity index (χ0n) is 17.4. The van der Waals surface area contributed by atoms with E-state index in [1.54, 1.807) is 11.3 Å². The van der Waals surface area contributed by atoms with Gasteiger partial charge in [-0.2, -0.15) is 0 Å². The molecule has 2 unspecified atom stereocenters. The van der Waals surface area contributed by atoms with Gasteiger partial charge in [0.15, 0.2) is 0 Å². The molecule has 0 bridgehead atoms. The Morgan fingerprint density at radius 3 is 2.83 bits per heavy atom. The Labute approximate surface area is 174 Å². The van der Waals surface area contributed by atoms with E-state index in [9.17, 15) is 14.7 Å². The first-order chi connectivity index (χ1) is 13.8. The van der Waals surface area contributed by atoms with Gasteiger partial charge in [-0.1, -0.05) is 6.92 Å². The van der Waals surface area contributed by atoms with E-state index >= 15 is 0 Å².